The standard InChI is InChI=1S/C12H16ClIN4O4/c1-12(2,3)22-11(21)18-6(10(19)20)4-15-9-7(14)8(13)16-5-17-9/h5-6H,4H2,1-3H3,(H,18,21)(H,19,20)(H,15,16,17). The molecule has 0 saturated heterocycles. The summed E-state index contributed by atoms with van der Waals surface area (Å²) in [6.45, 7) is 4.97. The van der Waals surface area contributed by atoms with E-state index < -0.39 is 23.7 Å². The van der Waals surface area contributed by atoms with Crippen LogP contribution in [0.25, 0.3) is 0 Å². The average Bonchev–Trinajstić information content (AvgIpc) is 2.36. The summed E-state index contributed by atoms with van der Waals surface area (Å²) in [5, 5.41) is 14.5. The van der Waals surface area contributed by atoms with Crippen molar-refractivity contribution in [3.63, 3.8) is 0 Å². The lowest BCUT2D eigenvalue weighted by molar-refractivity contribution is -0.139. The molecule has 8 nitrogen and oxygen atoms in total. The Morgan fingerprint density at radius 3 is 2.64 bits per heavy atom. The molecule has 0 aliphatic rings. The van der Waals surface area contributed by atoms with Gasteiger partial charge in [0.25, 0.3) is 0 Å². The molecule has 1 heterocycles. The Bertz CT molecular complexity index is 565. The number of rotatable bonds is 5. The number of nitrogens with zero attached hydrogens (tertiary/aromatic N) is 2. The van der Waals surface area contributed by atoms with Gasteiger partial charge in [-0.1, -0.05) is 11.6 Å². The predicted molar refractivity (Wildman–Crippen MR) is 89.0 cm³/mol. The molecule has 0 aliphatic heterocycles. The van der Waals surface area contributed by atoms with Gasteiger partial charge in [0.2, 0.25) is 0 Å². The quantitative estimate of drug-likeness (QED) is 0.473. The van der Waals surface area contributed by atoms with Crippen molar-refractivity contribution < 1.29 is 19.4 Å². The van der Waals surface area contributed by atoms with Crippen LogP contribution in [-0.2, 0) is 9.53 Å². The number of halogens is 2. The number of anilines is 1. The van der Waals surface area contributed by atoms with Crippen molar-refractivity contribution in [1.82, 2.24) is 15.3 Å². The summed E-state index contributed by atoms with van der Waals surface area (Å²) >= 11 is 7.78. The number of nitrogens with one attached hydrogen (secondary N) is 2. The van der Waals surface area contributed by atoms with E-state index in [-0.39, 0.29) is 11.7 Å². The van der Waals surface area contributed by atoms with E-state index in [9.17, 15) is 9.59 Å². The zero-order valence-electron chi connectivity index (χ0n) is 12.2. The molecule has 1 aromatic rings. The molecule has 22 heavy (non-hydrogen) atoms. The normalized spacial score (nSPS) is 12.4. The number of hydrogen-bond acceptors (Lipinski definition) is 6. The molecule has 3 N–H and O–H groups in total. The first-order valence-corrected chi connectivity index (χ1v) is 7.68. The second-order valence-electron chi connectivity index (χ2n) is 5.25. The highest BCUT2D eigenvalue weighted by molar-refractivity contribution is 14.1. The van der Waals surface area contributed by atoms with E-state index in [4.69, 9.17) is 21.4 Å². The van der Waals surface area contributed by atoms with Gasteiger partial charge in [0.15, 0.2) is 0 Å². The van der Waals surface area contributed by atoms with Crippen molar-refractivity contribution in [3.05, 3.63) is 15.1 Å². The van der Waals surface area contributed by atoms with Crippen LogP contribution in [0.4, 0.5) is 10.6 Å². The maximum absolute atomic E-state index is 11.6. The Hall–Kier alpha value is -1.36. The third-order valence-electron chi connectivity index (χ3n) is 2.21. The maximum Gasteiger partial charge on any atom is 0.408 e. The fourth-order valence-electron chi connectivity index (χ4n) is 1.32. The summed E-state index contributed by atoms with van der Waals surface area (Å²) in [5.41, 5.74) is -0.712. The average molecular weight is 443 g/mol. The summed E-state index contributed by atoms with van der Waals surface area (Å²) in [6.07, 6.45) is 0.446. The summed E-state index contributed by atoms with van der Waals surface area (Å²) in [7, 11) is 0. The first-order valence-electron chi connectivity index (χ1n) is 6.22. The van der Waals surface area contributed by atoms with E-state index in [0.717, 1.165) is 0 Å². The van der Waals surface area contributed by atoms with E-state index in [1.54, 1.807) is 20.8 Å². The van der Waals surface area contributed by atoms with Crippen LogP contribution in [0, 0.1) is 3.57 Å². The number of carbonyl (C=O) groups excluding carboxylic acids is 1. The molecule has 1 aromatic heterocycles. The number of hydrogen-bond donors (Lipinski definition) is 3. The highest BCUT2D eigenvalue weighted by Gasteiger charge is 2.24. The highest BCUT2D eigenvalue weighted by Crippen LogP contribution is 2.21. The van der Waals surface area contributed by atoms with Gasteiger partial charge in [-0.05, 0) is 43.4 Å². The second kappa shape index (κ2) is 7.77. The topological polar surface area (TPSA) is 113 Å². The molecule has 1 rings (SSSR count). The van der Waals surface area contributed by atoms with Crippen LogP contribution < -0.4 is 10.6 Å². The van der Waals surface area contributed by atoms with Crippen LogP contribution in [0.2, 0.25) is 5.15 Å². The van der Waals surface area contributed by atoms with Gasteiger partial charge >= 0.3 is 12.1 Å². The van der Waals surface area contributed by atoms with Crippen LogP contribution in [0.3, 0.4) is 0 Å². The molecule has 0 saturated carbocycles. The van der Waals surface area contributed by atoms with Crippen molar-refractivity contribution in [2.45, 2.75) is 32.4 Å². The summed E-state index contributed by atoms with van der Waals surface area (Å²) in [4.78, 5) is 30.6. The van der Waals surface area contributed by atoms with Crippen LogP contribution in [0.15, 0.2) is 6.33 Å². The third-order valence-corrected chi connectivity index (χ3v) is 3.84. The predicted octanol–water partition coefficient (Wildman–Crippen LogP) is 2.12. The minimum absolute atomic E-state index is 0.0854. The van der Waals surface area contributed by atoms with Gasteiger partial charge < -0.3 is 20.5 Å². The van der Waals surface area contributed by atoms with Crippen molar-refractivity contribution in [2.24, 2.45) is 0 Å². The largest absolute Gasteiger partial charge is 0.480 e. The number of aromatic nitrogens is 2. The molecule has 122 valence electrons. The monoisotopic (exact) mass is 442 g/mol. The Balaban J connectivity index is 2.67. The zero-order chi connectivity index (χ0) is 16.9. The van der Waals surface area contributed by atoms with Gasteiger partial charge in [0.1, 0.15) is 28.9 Å². The molecule has 0 radical (unpaired) electrons. The van der Waals surface area contributed by atoms with E-state index in [1.807, 2.05) is 22.6 Å². The Morgan fingerprint density at radius 1 is 1.45 bits per heavy atom. The molecule has 0 fully saturated rings. The fourth-order valence-corrected chi connectivity index (χ4v) is 1.92. The molecular weight excluding hydrogens is 427 g/mol. The van der Waals surface area contributed by atoms with Gasteiger partial charge in [-0.15, -0.1) is 0 Å². The molecule has 1 atom stereocenters. The van der Waals surface area contributed by atoms with E-state index >= 15 is 0 Å². The fraction of sp³-hybridized carbons (Fsp3) is 0.500. The van der Waals surface area contributed by atoms with Gasteiger partial charge in [0.05, 0.1) is 3.57 Å². The van der Waals surface area contributed by atoms with Gasteiger partial charge in [-0.25, -0.2) is 19.6 Å². The third kappa shape index (κ3) is 6.18. The molecular formula is C12H16ClIN4O4. The summed E-state index contributed by atoms with van der Waals surface area (Å²) in [6, 6.07) is -1.18. The number of amides is 1. The van der Waals surface area contributed by atoms with Crippen molar-refractivity contribution in [2.75, 3.05) is 11.9 Å². The number of alkyl carbamates (subject to hydrolysis) is 1. The first-order chi connectivity index (χ1) is 10.1. The van der Waals surface area contributed by atoms with Gasteiger partial charge in [-0.2, -0.15) is 0 Å². The van der Waals surface area contributed by atoms with Crippen molar-refractivity contribution in [1.29, 1.82) is 0 Å². The minimum Gasteiger partial charge on any atom is -0.480 e. The Morgan fingerprint density at radius 2 is 2.09 bits per heavy atom. The Kier molecular flexibility index (Phi) is 6.60. The van der Waals surface area contributed by atoms with Crippen LogP contribution in [0.5, 0.6) is 0 Å². The molecule has 0 bridgehead atoms. The number of aliphatic carboxylic acids is 1. The van der Waals surface area contributed by atoms with Gasteiger partial charge in [-0.3, -0.25) is 0 Å². The molecule has 0 aromatic carbocycles. The van der Waals surface area contributed by atoms with Crippen LogP contribution in [0.1, 0.15) is 20.8 Å². The highest BCUT2D eigenvalue weighted by atomic mass is 127. The zero-order valence-corrected chi connectivity index (χ0v) is 15.1. The second-order valence-corrected chi connectivity index (χ2v) is 6.68. The van der Waals surface area contributed by atoms with Crippen molar-refractivity contribution in [3.8, 4) is 0 Å². The number of carbonyl (C=O) groups is 2. The maximum atomic E-state index is 11.6. The lowest BCUT2D eigenvalue weighted by Crippen LogP contribution is -2.47. The van der Waals surface area contributed by atoms with Crippen LogP contribution >= 0.6 is 34.2 Å². The number of carboxylic acid groups (broad SMARTS) is 1. The van der Waals surface area contributed by atoms with E-state index in [0.29, 0.717) is 9.39 Å². The van der Waals surface area contributed by atoms with E-state index in [2.05, 4.69) is 20.6 Å². The smallest absolute Gasteiger partial charge is 0.408 e. The molecule has 1 amide bonds. The molecule has 10 heteroatoms. The Labute approximate surface area is 146 Å². The lowest BCUT2D eigenvalue weighted by atomic mass is 10.2. The number of ether oxygens (including phenoxy) is 1. The lowest BCUT2D eigenvalue weighted by Gasteiger charge is -2.22. The molecule has 0 spiro atoms. The summed E-state index contributed by atoms with van der Waals surface area (Å²) < 4.78 is 5.58. The van der Waals surface area contributed by atoms with Crippen molar-refractivity contribution >= 4 is 52.1 Å². The molecule has 1 unspecified atom stereocenters. The number of carboxylic acids is 1. The van der Waals surface area contributed by atoms with Crippen LogP contribution in [-0.4, -0.2) is 45.3 Å². The van der Waals surface area contributed by atoms with Gasteiger partial charge in [0, 0.05) is 6.54 Å². The SMILES string of the molecule is CC(C)(C)OC(=O)NC(CNc1ncnc(Cl)c1I)C(=O)O. The molecule has 0 aliphatic carbocycles. The first kappa shape index (κ1) is 18.7. The summed E-state index contributed by atoms with van der Waals surface area (Å²) in [5.74, 6) is -0.814. The minimum atomic E-state index is -1.20. The van der Waals surface area contributed by atoms with E-state index in [1.165, 1.54) is 6.33 Å².